The van der Waals surface area contributed by atoms with E-state index in [1.807, 2.05) is 6.92 Å². The van der Waals surface area contributed by atoms with E-state index in [9.17, 15) is 9.59 Å². The Kier molecular flexibility index (Phi) is 3.40. The maximum atomic E-state index is 11.6. The lowest BCUT2D eigenvalue weighted by atomic mass is 10.1. The predicted octanol–water partition coefficient (Wildman–Crippen LogP) is 2.86. The fourth-order valence-corrected chi connectivity index (χ4v) is 2.53. The van der Waals surface area contributed by atoms with Crippen LogP contribution in [0.5, 0.6) is 0 Å². The maximum absolute atomic E-state index is 11.6. The van der Waals surface area contributed by atoms with Gasteiger partial charge in [0.05, 0.1) is 19.0 Å². The van der Waals surface area contributed by atoms with Crippen LogP contribution in [0.1, 0.15) is 24.9 Å². The molecule has 17 heavy (non-hydrogen) atoms. The molecular weight excluding hydrogens is 261 g/mol. The number of ketones is 1. The number of carbonyl (C=O) groups is 2. The van der Waals surface area contributed by atoms with Crippen molar-refractivity contribution in [2.75, 3.05) is 6.54 Å². The van der Waals surface area contributed by atoms with Gasteiger partial charge in [0.15, 0.2) is 5.78 Å². The topological polar surface area (TPSA) is 37.4 Å². The first-order valence-electron chi connectivity index (χ1n) is 5.25. The van der Waals surface area contributed by atoms with Gasteiger partial charge in [0, 0.05) is 10.0 Å². The van der Waals surface area contributed by atoms with E-state index >= 15 is 0 Å². The van der Waals surface area contributed by atoms with Crippen molar-refractivity contribution < 1.29 is 9.59 Å². The van der Waals surface area contributed by atoms with Gasteiger partial charge in [-0.05, 0) is 24.6 Å². The number of Topliss-reactive ketones (excluding diaryl/α,β-unsaturated/α-hetero) is 1. The molecule has 1 aliphatic heterocycles. The monoisotopic (exact) mass is 271 g/mol. The summed E-state index contributed by atoms with van der Waals surface area (Å²) in [5, 5.41) is 1.06. The number of carbonyl (C=O) groups excluding carboxylic acids is 2. The van der Waals surface area contributed by atoms with Gasteiger partial charge in [0.25, 0.3) is 0 Å². The second-order valence-electron chi connectivity index (χ2n) is 4.08. The Hall–Kier alpha value is -1.06. The van der Waals surface area contributed by atoms with Gasteiger partial charge in [-0.1, -0.05) is 29.3 Å². The van der Waals surface area contributed by atoms with Gasteiger partial charge in [-0.15, -0.1) is 0 Å². The van der Waals surface area contributed by atoms with Crippen molar-refractivity contribution in [1.29, 1.82) is 0 Å². The highest BCUT2D eigenvalue weighted by molar-refractivity contribution is 6.35. The summed E-state index contributed by atoms with van der Waals surface area (Å²) in [7, 11) is 0. The van der Waals surface area contributed by atoms with Gasteiger partial charge in [-0.3, -0.25) is 9.59 Å². The van der Waals surface area contributed by atoms with Crippen molar-refractivity contribution in [3.05, 3.63) is 33.8 Å². The minimum absolute atomic E-state index is 0.00442. The van der Waals surface area contributed by atoms with E-state index in [2.05, 4.69) is 0 Å². The molecule has 1 unspecified atom stereocenters. The Bertz CT molecular complexity index is 487. The first kappa shape index (κ1) is 12.4. The number of hydrogen-bond donors (Lipinski definition) is 0. The van der Waals surface area contributed by atoms with Crippen LogP contribution < -0.4 is 0 Å². The lowest BCUT2D eigenvalue weighted by Crippen LogP contribution is -2.28. The van der Waals surface area contributed by atoms with E-state index in [0.29, 0.717) is 10.0 Å². The van der Waals surface area contributed by atoms with Crippen molar-refractivity contribution >= 4 is 34.9 Å². The Balaban J connectivity index is 2.28. The zero-order chi connectivity index (χ0) is 12.6. The molecule has 3 nitrogen and oxygen atoms in total. The van der Waals surface area contributed by atoms with Crippen LogP contribution >= 0.6 is 23.2 Å². The SMILES string of the molecule is CC(c1ccc(Cl)cc1Cl)N1CC(=O)CC1=O. The Morgan fingerprint density at radius 1 is 1.29 bits per heavy atom. The minimum Gasteiger partial charge on any atom is -0.328 e. The Morgan fingerprint density at radius 3 is 2.53 bits per heavy atom. The lowest BCUT2D eigenvalue weighted by molar-refractivity contribution is -0.129. The van der Waals surface area contributed by atoms with Gasteiger partial charge in [0.2, 0.25) is 5.91 Å². The van der Waals surface area contributed by atoms with Crippen molar-refractivity contribution in [2.45, 2.75) is 19.4 Å². The van der Waals surface area contributed by atoms with E-state index in [4.69, 9.17) is 23.2 Å². The molecule has 1 heterocycles. The number of halogens is 2. The van der Waals surface area contributed by atoms with Crippen molar-refractivity contribution in [3.63, 3.8) is 0 Å². The average molecular weight is 272 g/mol. The summed E-state index contributed by atoms with van der Waals surface area (Å²) < 4.78 is 0. The van der Waals surface area contributed by atoms with Gasteiger partial charge >= 0.3 is 0 Å². The number of benzene rings is 1. The minimum atomic E-state index is -0.210. The number of nitrogens with zero attached hydrogens (tertiary/aromatic N) is 1. The highest BCUT2D eigenvalue weighted by atomic mass is 35.5. The van der Waals surface area contributed by atoms with Crippen molar-refractivity contribution in [1.82, 2.24) is 4.90 Å². The molecule has 1 aromatic rings. The zero-order valence-electron chi connectivity index (χ0n) is 9.24. The fourth-order valence-electron chi connectivity index (χ4n) is 1.97. The van der Waals surface area contributed by atoms with Gasteiger partial charge in [0.1, 0.15) is 0 Å². The predicted molar refractivity (Wildman–Crippen MR) is 66.2 cm³/mol. The molecule has 1 saturated heterocycles. The first-order chi connectivity index (χ1) is 7.99. The molecule has 1 atom stereocenters. The van der Waals surface area contributed by atoms with Crippen LogP contribution in [0, 0.1) is 0 Å². The quantitative estimate of drug-likeness (QED) is 0.776. The van der Waals surface area contributed by atoms with E-state index in [0.717, 1.165) is 5.56 Å². The summed E-state index contributed by atoms with van der Waals surface area (Å²) in [6.07, 6.45) is -0.00442. The standard InChI is InChI=1S/C12H11Cl2NO2/c1-7(15-6-9(16)5-12(15)17)10-3-2-8(13)4-11(10)14/h2-4,7H,5-6H2,1H3. The highest BCUT2D eigenvalue weighted by Gasteiger charge is 2.32. The van der Waals surface area contributed by atoms with Crippen LogP contribution in [0.3, 0.4) is 0 Å². The van der Waals surface area contributed by atoms with E-state index in [1.165, 1.54) is 4.90 Å². The summed E-state index contributed by atoms with van der Waals surface area (Å²) in [6.45, 7) is 2.02. The van der Waals surface area contributed by atoms with Crippen LogP contribution in [0.15, 0.2) is 18.2 Å². The summed E-state index contributed by atoms with van der Waals surface area (Å²) in [6, 6.07) is 4.93. The largest absolute Gasteiger partial charge is 0.328 e. The third kappa shape index (κ3) is 2.45. The van der Waals surface area contributed by atoms with Crippen molar-refractivity contribution in [3.8, 4) is 0 Å². The number of amides is 1. The molecule has 1 aromatic carbocycles. The van der Waals surface area contributed by atoms with E-state index in [-0.39, 0.29) is 30.7 Å². The number of hydrogen-bond acceptors (Lipinski definition) is 2. The van der Waals surface area contributed by atoms with Crippen LogP contribution in [0.2, 0.25) is 10.0 Å². The van der Waals surface area contributed by atoms with Crippen molar-refractivity contribution in [2.24, 2.45) is 0 Å². The highest BCUT2D eigenvalue weighted by Crippen LogP contribution is 2.31. The summed E-state index contributed by atoms with van der Waals surface area (Å²) in [5.41, 5.74) is 0.805. The van der Waals surface area contributed by atoms with Crippen LogP contribution in [0.25, 0.3) is 0 Å². The molecule has 0 saturated carbocycles. The normalized spacial score (nSPS) is 17.7. The summed E-state index contributed by atoms with van der Waals surface area (Å²) in [5.74, 6) is -0.194. The molecule has 5 heteroatoms. The molecule has 0 radical (unpaired) electrons. The smallest absolute Gasteiger partial charge is 0.231 e. The molecule has 1 fully saturated rings. The molecule has 0 spiro atoms. The third-order valence-corrected chi connectivity index (χ3v) is 3.46. The van der Waals surface area contributed by atoms with Crippen LogP contribution in [0.4, 0.5) is 0 Å². The molecule has 1 aliphatic rings. The molecule has 0 N–H and O–H groups in total. The van der Waals surface area contributed by atoms with E-state index < -0.39 is 0 Å². The second kappa shape index (κ2) is 4.67. The maximum Gasteiger partial charge on any atom is 0.231 e. The van der Waals surface area contributed by atoms with Gasteiger partial charge < -0.3 is 4.90 Å². The molecule has 2 rings (SSSR count). The fraction of sp³-hybridized carbons (Fsp3) is 0.333. The third-order valence-electron chi connectivity index (χ3n) is 2.90. The number of rotatable bonds is 2. The zero-order valence-corrected chi connectivity index (χ0v) is 10.8. The number of likely N-dealkylation sites (tertiary alicyclic amines) is 1. The van der Waals surface area contributed by atoms with E-state index in [1.54, 1.807) is 18.2 Å². The van der Waals surface area contributed by atoms with Crippen LogP contribution in [-0.4, -0.2) is 23.1 Å². The van der Waals surface area contributed by atoms with Gasteiger partial charge in [-0.2, -0.15) is 0 Å². The molecule has 90 valence electrons. The molecule has 1 amide bonds. The lowest BCUT2D eigenvalue weighted by Gasteiger charge is -2.24. The van der Waals surface area contributed by atoms with Gasteiger partial charge in [-0.25, -0.2) is 0 Å². The second-order valence-corrected chi connectivity index (χ2v) is 4.92. The average Bonchev–Trinajstić information content (AvgIpc) is 2.57. The molecule has 0 bridgehead atoms. The summed E-state index contributed by atoms with van der Waals surface area (Å²) >= 11 is 11.9. The molecular formula is C12H11Cl2NO2. The summed E-state index contributed by atoms with van der Waals surface area (Å²) in [4.78, 5) is 24.4. The Morgan fingerprint density at radius 2 is 2.00 bits per heavy atom. The van der Waals surface area contributed by atoms with Crippen LogP contribution in [-0.2, 0) is 9.59 Å². The first-order valence-corrected chi connectivity index (χ1v) is 6.00. The Labute approximate surface area is 109 Å². The molecule has 0 aromatic heterocycles. The molecule has 0 aliphatic carbocycles.